The third-order valence-corrected chi connectivity index (χ3v) is 5.50. The summed E-state index contributed by atoms with van der Waals surface area (Å²) in [5, 5.41) is 3.23. The lowest BCUT2D eigenvalue weighted by Crippen LogP contribution is -2.36. The molecular weight excluding hydrogens is 284 g/mol. The van der Waals surface area contributed by atoms with Gasteiger partial charge in [-0.2, -0.15) is 4.31 Å². The third-order valence-electron chi connectivity index (χ3n) is 3.58. The molecule has 0 atom stereocenters. The fraction of sp³-hybridized carbons (Fsp3) is 0.625. The minimum absolute atomic E-state index is 0.204. The van der Waals surface area contributed by atoms with E-state index in [1.165, 1.54) is 0 Å². The van der Waals surface area contributed by atoms with Gasteiger partial charge >= 0.3 is 0 Å². The van der Waals surface area contributed by atoms with Gasteiger partial charge in [-0.25, -0.2) is 8.42 Å². The highest BCUT2D eigenvalue weighted by molar-refractivity contribution is 7.89. The minimum atomic E-state index is -3.37. The smallest absolute Gasteiger partial charge is 0.243 e. The van der Waals surface area contributed by atoms with E-state index < -0.39 is 10.0 Å². The molecule has 1 aliphatic rings. The molecule has 1 N–H and O–H groups in total. The molecule has 1 fully saturated rings. The van der Waals surface area contributed by atoms with E-state index in [0.29, 0.717) is 23.9 Å². The number of hydrogen-bond acceptors (Lipinski definition) is 3. The van der Waals surface area contributed by atoms with Crippen molar-refractivity contribution in [1.29, 1.82) is 0 Å². The summed E-state index contributed by atoms with van der Waals surface area (Å²) in [5.74, 6) is 0.338. The Kier molecular flexibility index (Phi) is 5.41. The Morgan fingerprint density at radius 1 is 1.33 bits per heavy atom. The number of hydrogen-bond donors (Lipinski definition) is 1. The molecule has 0 radical (unpaired) electrons. The van der Waals surface area contributed by atoms with Crippen molar-refractivity contribution in [3.63, 3.8) is 0 Å². The maximum absolute atomic E-state index is 12.9. The number of rotatable bonds is 8. The van der Waals surface area contributed by atoms with E-state index in [1.54, 1.807) is 16.4 Å². The molecule has 0 saturated heterocycles. The molecule has 1 saturated carbocycles. The van der Waals surface area contributed by atoms with Gasteiger partial charge in [-0.05, 0) is 43.0 Å². The lowest BCUT2D eigenvalue weighted by atomic mass is 10.2. The summed E-state index contributed by atoms with van der Waals surface area (Å²) < 4.78 is 27.5. The second kappa shape index (κ2) is 6.90. The van der Waals surface area contributed by atoms with Crippen LogP contribution in [0, 0.1) is 5.92 Å². The molecule has 2 rings (SSSR count). The molecule has 0 aromatic heterocycles. The topological polar surface area (TPSA) is 49.4 Å². The van der Waals surface area contributed by atoms with Gasteiger partial charge in [0.2, 0.25) is 10.0 Å². The molecule has 0 aliphatic heterocycles. The molecule has 0 bridgehead atoms. The van der Waals surface area contributed by atoms with Crippen LogP contribution >= 0.6 is 0 Å². The minimum Gasteiger partial charge on any atom is -0.313 e. The molecule has 118 valence electrons. The van der Waals surface area contributed by atoms with Crippen molar-refractivity contribution in [3.8, 4) is 0 Å². The first-order valence-corrected chi connectivity index (χ1v) is 9.20. The summed E-state index contributed by atoms with van der Waals surface area (Å²) >= 11 is 0. The van der Waals surface area contributed by atoms with Gasteiger partial charge in [-0.15, -0.1) is 0 Å². The molecule has 5 heteroatoms. The van der Waals surface area contributed by atoms with Crippen molar-refractivity contribution in [2.45, 2.75) is 51.1 Å². The fourth-order valence-electron chi connectivity index (χ4n) is 2.39. The largest absolute Gasteiger partial charge is 0.313 e. The summed E-state index contributed by atoms with van der Waals surface area (Å²) in [6, 6.07) is 7.51. The third kappa shape index (κ3) is 4.28. The predicted molar refractivity (Wildman–Crippen MR) is 85.6 cm³/mol. The summed E-state index contributed by atoms with van der Waals surface area (Å²) in [6.45, 7) is 8.34. The molecule has 0 unspecified atom stereocenters. The molecule has 21 heavy (non-hydrogen) atoms. The molecule has 1 aromatic rings. The Morgan fingerprint density at radius 2 is 2.05 bits per heavy atom. The Morgan fingerprint density at radius 3 is 2.62 bits per heavy atom. The van der Waals surface area contributed by atoms with Crippen LogP contribution in [0.15, 0.2) is 29.2 Å². The zero-order valence-corrected chi connectivity index (χ0v) is 14.0. The van der Waals surface area contributed by atoms with E-state index in [-0.39, 0.29) is 6.04 Å². The van der Waals surface area contributed by atoms with Crippen molar-refractivity contribution in [2.75, 3.05) is 13.1 Å². The van der Waals surface area contributed by atoms with Crippen LogP contribution in [0.1, 0.15) is 39.2 Å². The van der Waals surface area contributed by atoms with E-state index in [9.17, 15) is 8.42 Å². The molecule has 0 spiro atoms. The van der Waals surface area contributed by atoms with Crippen molar-refractivity contribution in [3.05, 3.63) is 29.8 Å². The van der Waals surface area contributed by atoms with Crippen molar-refractivity contribution < 1.29 is 8.42 Å². The Balaban J connectivity index is 2.24. The number of nitrogens with one attached hydrogen (secondary N) is 1. The second-order valence-corrected chi connectivity index (χ2v) is 8.02. The monoisotopic (exact) mass is 310 g/mol. The van der Waals surface area contributed by atoms with E-state index in [2.05, 4.69) is 19.2 Å². The van der Waals surface area contributed by atoms with Crippen LogP contribution in [0.3, 0.4) is 0 Å². The first-order valence-electron chi connectivity index (χ1n) is 7.76. The highest BCUT2D eigenvalue weighted by atomic mass is 32.2. The van der Waals surface area contributed by atoms with Gasteiger partial charge in [0.25, 0.3) is 0 Å². The zero-order chi connectivity index (χ0) is 15.5. The van der Waals surface area contributed by atoms with Crippen molar-refractivity contribution in [2.24, 2.45) is 5.92 Å². The molecular formula is C16H26N2O2S. The fourth-order valence-corrected chi connectivity index (χ4v) is 4.31. The summed E-state index contributed by atoms with van der Waals surface area (Å²) in [6.07, 6.45) is 1.98. The molecule has 4 nitrogen and oxygen atoms in total. The van der Waals surface area contributed by atoms with Gasteiger partial charge in [-0.3, -0.25) is 0 Å². The van der Waals surface area contributed by atoms with Gasteiger partial charge in [0, 0.05) is 19.1 Å². The summed E-state index contributed by atoms with van der Waals surface area (Å²) in [4.78, 5) is 0.422. The SMILES string of the molecule is CCNCc1cccc(S(=O)(=O)N(CC(C)C)C2CC2)c1. The molecule has 1 aromatic carbocycles. The van der Waals surface area contributed by atoms with Crippen LogP contribution in [-0.2, 0) is 16.6 Å². The van der Waals surface area contributed by atoms with E-state index in [0.717, 1.165) is 24.9 Å². The van der Waals surface area contributed by atoms with E-state index in [4.69, 9.17) is 0 Å². The maximum atomic E-state index is 12.9. The van der Waals surface area contributed by atoms with Gasteiger partial charge < -0.3 is 5.32 Å². The maximum Gasteiger partial charge on any atom is 0.243 e. The average Bonchev–Trinajstić information content (AvgIpc) is 3.27. The Hall–Kier alpha value is -0.910. The first kappa shape index (κ1) is 16.5. The van der Waals surface area contributed by atoms with Crippen LogP contribution in [0.4, 0.5) is 0 Å². The zero-order valence-electron chi connectivity index (χ0n) is 13.2. The second-order valence-electron chi connectivity index (χ2n) is 6.13. The average molecular weight is 310 g/mol. The van der Waals surface area contributed by atoms with Crippen LogP contribution in [0.2, 0.25) is 0 Å². The molecule has 1 aliphatic carbocycles. The van der Waals surface area contributed by atoms with Crippen LogP contribution < -0.4 is 5.32 Å². The lowest BCUT2D eigenvalue weighted by Gasteiger charge is -2.24. The van der Waals surface area contributed by atoms with Crippen LogP contribution in [0.25, 0.3) is 0 Å². The highest BCUT2D eigenvalue weighted by Crippen LogP contribution is 2.32. The van der Waals surface area contributed by atoms with Crippen LogP contribution in [-0.4, -0.2) is 31.9 Å². The number of sulfonamides is 1. The molecule has 0 heterocycles. The van der Waals surface area contributed by atoms with E-state index >= 15 is 0 Å². The normalized spacial score (nSPS) is 15.9. The predicted octanol–water partition coefficient (Wildman–Crippen LogP) is 2.61. The first-order chi connectivity index (χ1) is 9.95. The molecule has 0 amide bonds. The highest BCUT2D eigenvalue weighted by Gasteiger charge is 2.38. The van der Waals surface area contributed by atoms with Crippen molar-refractivity contribution >= 4 is 10.0 Å². The summed E-state index contributed by atoms with van der Waals surface area (Å²) in [5.41, 5.74) is 1.01. The standard InChI is InChI=1S/C16H26N2O2S/c1-4-17-11-14-6-5-7-16(10-14)21(19,20)18(12-13(2)3)15-8-9-15/h5-7,10,13,15,17H,4,8-9,11-12H2,1-3H3. The quantitative estimate of drug-likeness (QED) is 0.803. The number of nitrogens with zero attached hydrogens (tertiary/aromatic N) is 1. The van der Waals surface area contributed by atoms with Crippen molar-refractivity contribution in [1.82, 2.24) is 9.62 Å². The summed E-state index contributed by atoms with van der Waals surface area (Å²) in [7, 11) is -3.37. The Bertz CT molecular complexity index is 565. The van der Waals surface area contributed by atoms with Gasteiger partial charge in [0.15, 0.2) is 0 Å². The lowest BCUT2D eigenvalue weighted by molar-refractivity contribution is 0.360. The number of benzene rings is 1. The van der Waals surface area contributed by atoms with Crippen LogP contribution in [0.5, 0.6) is 0 Å². The van der Waals surface area contributed by atoms with Gasteiger partial charge in [0.05, 0.1) is 4.90 Å². The van der Waals surface area contributed by atoms with E-state index in [1.807, 2.05) is 19.1 Å². The Labute approximate surface area is 128 Å². The van der Waals surface area contributed by atoms with Gasteiger partial charge in [-0.1, -0.05) is 32.9 Å². The van der Waals surface area contributed by atoms with Gasteiger partial charge in [0.1, 0.15) is 0 Å².